The van der Waals surface area contributed by atoms with Crippen LogP contribution in [0.5, 0.6) is 23.0 Å². The number of anilines is 2. The van der Waals surface area contributed by atoms with Crippen LogP contribution >= 0.6 is 0 Å². The molecule has 0 amide bonds. The normalized spacial score (nSPS) is 12.2. The monoisotopic (exact) mass is 436 g/mol. The quantitative estimate of drug-likeness (QED) is 0.360. The predicted molar refractivity (Wildman–Crippen MR) is 126 cm³/mol. The van der Waals surface area contributed by atoms with Gasteiger partial charge in [0.1, 0.15) is 11.5 Å². The Morgan fingerprint density at radius 3 is 1.67 bits per heavy atom. The Hall–Kier alpha value is -4.58. The van der Waals surface area contributed by atoms with Crippen molar-refractivity contribution < 1.29 is 19.1 Å². The van der Waals surface area contributed by atoms with Crippen molar-refractivity contribution in [3.63, 3.8) is 0 Å². The van der Waals surface area contributed by atoms with Gasteiger partial charge in [0.25, 0.3) is 0 Å². The van der Waals surface area contributed by atoms with E-state index in [-0.39, 0.29) is 56.7 Å². The first kappa shape index (κ1) is 20.3. The maximum absolute atomic E-state index is 13.4. The largest absolute Gasteiger partial charge is 0.451 e. The number of hydrogen-bond acceptors (Lipinski definition) is 6. The summed E-state index contributed by atoms with van der Waals surface area (Å²) in [5, 5.41) is 0. The molecule has 6 heteroatoms. The standard InChI is InChI=1S/C27H20N2O4/c1-15-9-5-8-14-19(15)33-27-23(29)21-20(22(28)26(27)32-16-10-3-2-4-11-16)24(30)17-12-6-7-13-18(17)25(21)31/h2-14H,28-29H2,1H3. The number of nitrogen functional groups attached to an aromatic ring is 2. The van der Waals surface area contributed by atoms with E-state index in [1.165, 1.54) is 0 Å². The molecule has 0 heterocycles. The molecule has 162 valence electrons. The van der Waals surface area contributed by atoms with Crippen molar-refractivity contribution in [2.45, 2.75) is 6.92 Å². The van der Waals surface area contributed by atoms with Crippen LogP contribution in [0.15, 0.2) is 78.9 Å². The minimum atomic E-state index is -0.384. The van der Waals surface area contributed by atoms with Gasteiger partial charge < -0.3 is 20.9 Å². The lowest BCUT2D eigenvalue weighted by Crippen LogP contribution is -2.24. The van der Waals surface area contributed by atoms with E-state index in [2.05, 4.69) is 0 Å². The first-order valence-electron chi connectivity index (χ1n) is 10.4. The van der Waals surface area contributed by atoms with Gasteiger partial charge >= 0.3 is 0 Å². The van der Waals surface area contributed by atoms with E-state index in [9.17, 15) is 9.59 Å². The summed E-state index contributed by atoms with van der Waals surface area (Å²) in [5.41, 5.74) is 14.5. The second-order valence-electron chi connectivity index (χ2n) is 7.72. The zero-order chi connectivity index (χ0) is 23.1. The van der Waals surface area contributed by atoms with Gasteiger partial charge in [-0.25, -0.2) is 0 Å². The highest BCUT2D eigenvalue weighted by atomic mass is 16.5. The van der Waals surface area contributed by atoms with Crippen LogP contribution in [0.1, 0.15) is 37.4 Å². The third-order valence-corrected chi connectivity index (χ3v) is 5.62. The summed E-state index contributed by atoms with van der Waals surface area (Å²) in [4.78, 5) is 26.8. The van der Waals surface area contributed by atoms with E-state index < -0.39 is 0 Å². The summed E-state index contributed by atoms with van der Waals surface area (Å²) in [6.07, 6.45) is 0. The Morgan fingerprint density at radius 1 is 0.606 bits per heavy atom. The molecule has 1 aliphatic rings. The highest BCUT2D eigenvalue weighted by Crippen LogP contribution is 2.50. The fourth-order valence-corrected chi connectivity index (χ4v) is 3.95. The minimum Gasteiger partial charge on any atom is -0.451 e. The first-order chi connectivity index (χ1) is 16.0. The molecule has 0 spiro atoms. The number of aryl methyl sites for hydroxylation is 1. The zero-order valence-corrected chi connectivity index (χ0v) is 17.8. The second-order valence-corrected chi connectivity index (χ2v) is 7.72. The van der Waals surface area contributed by atoms with Crippen LogP contribution in [-0.2, 0) is 0 Å². The van der Waals surface area contributed by atoms with E-state index in [1.54, 1.807) is 54.6 Å². The summed E-state index contributed by atoms with van der Waals surface area (Å²) in [6, 6.07) is 22.9. The van der Waals surface area contributed by atoms with Crippen LogP contribution in [-0.4, -0.2) is 11.6 Å². The van der Waals surface area contributed by atoms with Gasteiger partial charge in [-0.3, -0.25) is 9.59 Å². The molecular weight excluding hydrogens is 416 g/mol. The van der Waals surface area contributed by atoms with Crippen molar-refractivity contribution >= 4 is 22.9 Å². The number of para-hydroxylation sites is 2. The average molecular weight is 436 g/mol. The van der Waals surface area contributed by atoms with Gasteiger partial charge in [0.2, 0.25) is 0 Å². The molecule has 0 saturated heterocycles. The van der Waals surface area contributed by atoms with E-state index >= 15 is 0 Å². The number of ether oxygens (including phenoxy) is 2. The fraction of sp³-hybridized carbons (Fsp3) is 0.0370. The third-order valence-electron chi connectivity index (χ3n) is 5.62. The Kier molecular flexibility index (Phi) is 4.83. The van der Waals surface area contributed by atoms with E-state index in [4.69, 9.17) is 20.9 Å². The molecule has 5 rings (SSSR count). The van der Waals surface area contributed by atoms with Crippen molar-refractivity contribution in [2.75, 3.05) is 11.5 Å². The van der Waals surface area contributed by atoms with Crippen molar-refractivity contribution in [3.05, 3.63) is 107 Å². The van der Waals surface area contributed by atoms with Gasteiger partial charge in [-0.15, -0.1) is 0 Å². The van der Waals surface area contributed by atoms with Gasteiger partial charge in [-0.2, -0.15) is 0 Å². The number of nitrogens with two attached hydrogens (primary N) is 2. The molecule has 4 aromatic carbocycles. The van der Waals surface area contributed by atoms with Crippen molar-refractivity contribution in [2.24, 2.45) is 0 Å². The van der Waals surface area contributed by atoms with Gasteiger partial charge in [0.05, 0.1) is 22.5 Å². The molecule has 6 nitrogen and oxygen atoms in total. The summed E-state index contributed by atoms with van der Waals surface area (Å²) >= 11 is 0. The SMILES string of the molecule is Cc1ccccc1Oc1c(N)c2c(c(N)c1Oc1ccccc1)C(=O)c1ccccc1C2=O. The summed E-state index contributed by atoms with van der Waals surface area (Å²) in [7, 11) is 0. The summed E-state index contributed by atoms with van der Waals surface area (Å²) in [6.45, 7) is 1.88. The molecular formula is C27H20N2O4. The Morgan fingerprint density at radius 2 is 1.09 bits per heavy atom. The number of ketones is 2. The van der Waals surface area contributed by atoms with E-state index in [0.29, 0.717) is 11.5 Å². The molecule has 0 aromatic heterocycles. The lowest BCUT2D eigenvalue weighted by Gasteiger charge is -2.25. The molecule has 0 unspecified atom stereocenters. The molecule has 4 aromatic rings. The number of hydrogen-bond donors (Lipinski definition) is 2. The molecule has 1 aliphatic carbocycles. The molecule has 0 radical (unpaired) electrons. The Balaban J connectivity index is 1.77. The first-order valence-corrected chi connectivity index (χ1v) is 10.4. The van der Waals surface area contributed by atoms with Gasteiger partial charge in [-0.1, -0.05) is 60.7 Å². The summed E-state index contributed by atoms with van der Waals surface area (Å²) in [5.74, 6) is 0.408. The molecule has 0 atom stereocenters. The van der Waals surface area contributed by atoms with Crippen LogP contribution in [0.3, 0.4) is 0 Å². The molecule has 0 fully saturated rings. The fourth-order valence-electron chi connectivity index (χ4n) is 3.95. The zero-order valence-electron chi connectivity index (χ0n) is 17.8. The lowest BCUT2D eigenvalue weighted by atomic mass is 9.82. The van der Waals surface area contributed by atoms with Crippen LogP contribution < -0.4 is 20.9 Å². The number of fused-ring (bicyclic) bond motifs is 2. The van der Waals surface area contributed by atoms with Gasteiger partial charge in [-0.05, 0) is 30.7 Å². The third kappa shape index (κ3) is 3.29. The number of rotatable bonds is 4. The van der Waals surface area contributed by atoms with Gasteiger partial charge in [0.15, 0.2) is 23.1 Å². The van der Waals surface area contributed by atoms with E-state index in [1.807, 2.05) is 31.2 Å². The molecule has 0 aliphatic heterocycles. The Bertz CT molecular complexity index is 1430. The lowest BCUT2D eigenvalue weighted by molar-refractivity contribution is 0.0980. The number of benzene rings is 4. The molecule has 0 saturated carbocycles. The predicted octanol–water partition coefficient (Wildman–Crippen LogP) is 5.52. The maximum atomic E-state index is 13.4. The molecule has 33 heavy (non-hydrogen) atoms. The van der Waals surface area contributed by atoms with Crippen molar-refractivity contribution in [1.29, 1.82) is 0 Å². The highest BCUT2D eigenvalue weighted by molar-refractivity contribution is 6.32. The maximum Gasteiger partial charge on any atom is 0.196 e. The smallest absolute Gasteiger partial charge is 0.196 e. The molecule has 4 N–H and O–H groups in total. The van der Waals surface area contributed by atoms with Crippen LogP contribution in [0.25, 0.3) is 0 Å². The number of carbonyl (C=O) groups is 2. The van der Waals surface area contributed by atoms with Crippen molar-refractivity contribution in [1.82, 2.24) is 0 Å². The highest BCUT2D eigenvalue weighted by Gasteiger charge is 2.37. The van der Waals surface area contributed by atoms with Crippen molar-refractivity contribution in [3.8, 4) is 23.0 Å². The topological polar surface area (TPSA) is 105 Å². The van der Waals surface area contributed by atoms with Gasteiger partial charge in [0, 0.05) is 11.1 Å². The summed E-state index contributed by atoms with van der Waals surface area (Å²) < 4.78 is 12.2. The average Bonchev–Trinajstić information content (AvgIpc) is 2.83. The minimum absolute atomic E-state index is 0.000472. The molecule has 0 bridgehead atoms. The van der Waals surface area contributed by atoms with Crippen LogP contribution in [0.4, 0.5) is 11.4 Å². The number of carbonyl (C=O) groups excluding carboxylic acids is 2. The van der Waals surface area contributed by atoms with Crippen LogP contribution in [0, 0.1) is 6.92 Å². The van der Waals surface area contributed by atoms with Crippen LogP contribution in [0.2, 0.25) is 0 Å². The van der Waals surface area contributed by atoms with E-state index in [0.717, 1.165) is 5.56 Å². The second kappa shape index (κ2) is 7.84. The Labute approximate surface area is 190 Å².